The fourth-order valence-electron chi connectivity index (χ4n) is 3.39. The Kier molecular flexibility index (Phi) is 7.08. The lowest BCUT2D eigenvalue weighted by atomic mass is 10.0. The van der Waals surface area contributed by atoms with Gasteiger partial charge in [-0.1, -0.05) is 17.7 Å². The number of anilines is 1. The molecule has 10 heteroatoms. The maximum absolute atomic E-state index is 8.76. The Morgan fingerprint density at radius 2 is 2.17 bits per heavy atom. The number of guanidine groups is 1. The summed E-state index contributed by atoms with van der Waals surface area (Å²) in [7, 11) is 1.77. The van der Waals surface area contributed by atoms with Crippen molar-refractivity contribution in [2.45, 2.75) is 25.3 Å². The van der Waals surface area contributed by atoms with Crippen LogP contribution in [0.5, 0.6) is 0 Å². The summed E-state index contributed by atoms with van der Waals surface area (Å²) < 4.78 is 1.65. The number of benzene rings is 1. The lowest BCUT2D eigenvalue weighted by Crippen LogP contribution is -2.56. The Balaban J connectivity index is 1.78. The molecule has 0 radical (unpaired) electrons. The number of halogens is 1. The number of likely N-dealkylation sites (tertiary alicyclic amines) is 1. The molecule has 0 bridgehead atoms. The molecule has 1 fully saturated rings. The molecule has 9 nitrogen and oxygen atoms in total. The molecular formula is C20H27ClN9+. The topological polar surface area (TPSA) is 131 Å². The van der Waals surface area contributed by atoms with Gasteiger partial charge in [0.25, 0.3) is 0 Å². The molecule has 1 saturated heterocycles. The van der Waals surface area contributed by atoms with Crippen molar-refractivity contribution in [2.24, 2.45) is 16.7 Å². The van der Waals surface area contributed by atoms with Gasteiger partial charge in [0.2, 0.25) is 5.84 Å². The van der Waals surface area contributed by atoms with Crippen LogP contribution in [0.2, 0.25) is 5.02 Å². The summed E-state index contributed by atoms with van der Waals surface area (Å²) in [5.41, 5.74) is 14.0. The van der Waals surface area contributed by atoms with Crippen molar-refractivity contribution in [1.29, 1.82) is 5.41 Å². The van der Waals surface area contributed by atoms with Crippen LogP contribution in [-0.4, -0.2) is 51.7 Å². The zero-order valence-electron chi connectivity index (χ0n) is 16.8. The van der Waals surface area contributed by atoms with E-state index in [2.05, 4.69) is 20.9 Å². The van der Waals surface area contributed by atoms with Gasteiger partial charge in [0.05, 0.1) is 24.8 Å². The molecule has 0 saturated carbocycles. The fraction of sp³-hybridized carbons (Fsp3) is 0.300. The first-order chi connectivity index (χ1) is 14.5. The van der Waals surface area contributed by atoms with E-state index in [1.54, 1.807) is 36.1 Å². The number of aromatic nitrogens is 1. The van der Waals surface area contributed by atoms with Gasteiger partial charge in [0.15, 0.2) is 5.84 Å². The maximum atomic E-state index is 8.76. The average molecular weight is 429 g/mol. The molecule has 1 aliphatic heterocycles. The highest BCUT2D eigenvalue weighted by Crippen LogP contribution is 2.19. The molecule has 0 aliphatic carbocycles. The third-order valence-corrected chi connectivity index (χ3v) is 5.26. The fourth-order valence-corrected chi connectivity index (χ4v) is 3.58. The lowest BCUT2D eigenvalue weighted by molar-refractivity contribution is -0.387. The van der Waals surface area contributed by atoms with Gasteiger partial charge < -0.3 is 11.6 Å². The van der Waals surface area contributed by atoms with Crippen LogP contribution >= 0.6 is 11.6 Å². The molecule has 158 valence electrons. The first-order valence-electron chi connectivity index (χ1n) is 9.68. The molecular weight excluding hydrogens is 402 g/mol. The van der Waals surface area contributed by atoms with Gasteiger partial charge in [-0.25, -0.2) is 4.58 Å². The molecule has 1 aliphatic rings. The Hall–Kier alpha value is -3.33. The molecule has 3 rings (SSSR count). The van der Waals surface area contributed by atoms with Crippen molar-refractivity contribution >= 4 is 34.9 Å². The molecule has 0 spiro atoms. The van der Waals surface area contributed by atoms with E-state index in [-0.39, 0.29) is 12.0 Å². The van der Waals surface area contributed by atoms with E-state index in [9.17, 15) is 0 Å². The number of hydrogen-bond acceptors (Lipinski definition) is 5. The zero-order valence-corrected chi connectivity index (χ0v) is 17.6. The first kappa shape index (κ1) is 21.4. The van der Waals surface area contributed by atoms with E-state index in [0.29, 0.717) is 23.2 Å². The van der Waals surface area contributed by atoms with Gasteiger partial charge in [-0.05, 0) is 49.6 Å². The molecule has 7 N–H and O–H groups in total. The summed E-state index contributed by atoms with van der Waals surface area (Å²) >= 11 is 6.04. The molecule has 1 unspecified atom stereocenters. The summed E-state index contributed by atoms with van der Waals surface area (Å²) in [5.74, 6) is 6.96. The van der Waals surface area contributed by atoms with Crippen LogP contribution in [0, 0.1) is 5.41 Å². The van der Waals surface area contributed by atoms with Crippen LogP contribution in [0.25, 0.3) is 0 Å². The summed E-state index contributed by atoms with van der Waals surface area (Å²) in [5, 5.41) is 13.3. The Bertz CT molecular complexity index is 942. The number of nitrogens with two attached hydrogens (primary N) is 2. The van der Waals surface area contributed by atoms with Crippen LogP contribution in [0.1, 0.15) is 24.8 Å². The second-order valence-corrected chi connectivity index (χ2v) is 7.43. The van der Waals surface area contributed by atoms with Crippen molar-refractivity contribution in [3.63, 3.8) is 0 Å². The highest BCUT2D eigenvalue weighted by Gasteiger charge is 2.34. The van der Waals surface area contributed by atoms with Gasteiger partial charge in [-0.3, -0.25) is 20.7 Å². The molecule has 2 heterocycles. The van der Waals surface area contributed by atoms with E-state index >= 15 is 0 Å². The minimum atomic E-state index is -0.188. The van der Waals surface area contributed by atoms with Gasteiger partial charge in [-0.15, -0.1) is 0 Å². The smallest absolute Gasteiger partial charge is 0.334 e. The van der Waals surface area contributed by atoms with Crippen LogP contribution in [0.3, 0.4) is 0 Å². The summed E-state index contributed by atoms with van der Waals surface area (Å²) in [6.07, 6.45) is 6.15. The second-order valence-electron chi connectivity index (χ2n) is 6.99. The van der Waals surface area contributed by atoms with Crippen molar-refractivity contribution in [1.82, 2.24) is 15.3 Å². The molecule has 1 aromatic heterocycles. The monoisotopic (exact) mass is 428 g/mol. The minimum Gasteiger partial charge on any atom is -0.334 e. The number of hydrazone groups is 1. The van der Waals surface area contributed by atoms with E-state index in [1.807, 2.05) is 29.2 Å². The van der Waals surface area contributed by atoms with E-state index in [1.165, 1.54) is 0 Å². The number of rotatable bonds is 4. The van der Waals surface area contributed by atoms with Gasteiger partial charge in [0, 0.05) is 17.4 Å². The van der Waals surface area contributed by atoms with E-state index < -0.39 is 0 Å². The SMILES string of the molecule is C/[N+](C(=N)N1CCCCC1/C(=N/N)NNc1cccc(Cl)c1)=C(/N)c1cccnc1. The molecule has 1 atom stereocenters. The number of piperidine rings is 1. The highest BCUT2D eigenvalue weighted by molar-refractivity contribution is 6.30. The molecule has 0 amide bonds. The summed E-state index contributed by atoms with van der Waals surface area (Å²) in [6.45, 7) is 0.700. The quantitative estimate of drug-likeness (QED) is 0.166. The normalized spacial score (nSPS) is 17.9. The number of hydrazine groups is 1. The first-order valence-corrected chi connectivity index (χ1v) is 10.1. The average Bonchev–Trinajstić information content (AvgIpc) is 2.79. The summed E-state index contributed by atoms with van der Waals surface area (Å²) in [4.78, 5) is 6.05. The van der Waals surface area contributed by atoms with E-state index in [4.69, 9.17) is 28.6 Å². The van der Waals surface area contributed by atoms with Crippen LogP contribution < -0.4 is 22.4 Å². The Morgan fingerprint density at radius 3 is 2.87 bits per heavy atom. The third kappa shape index (κ3) is 4.98. The van der Waals surface area contributed by atoms with Crippen molar-refractivity contribution in [2.75, 3.05) is 19.0 Å². The van der Waals surface area contributed by atoms with Crippen molar-refractivity contribution in [3.05, 3.63) is 59.4 Å². The van der Waals surface area contributed by atoms with Crippen LogP contribution in [0.4, 0.5) is 5.69 Å². The third-order valence-electron chi connectivity index (χ3n) is 5.03. The number of nitrogens with one attached hydrogen (secondary N) is 3. The predicted octanol–water partition coefficient (Wildman–Crippen LogP) is 1.76. The predicted molar refractivity (Wildman–Crippen MR) is 121 cm³/mol. The largest absolute Gasteiger partial charge is 0.342 e. The molecule has 30 heavy (non-hydrogen) atoms. The Labute approximate surface area is 180 Å². The van der Waals surface area contributed by atoms with Crippen LogP contribution in [-0.2, 0) is 0 Å². The van der Waals surface area contributed by atoms with Gasteiger partial charge in [0.1, 0.15) is 6.04 Å². The maximum Gasteiger partial charge on any atom is 0.342 e. The lowest BCUT2D eigenvalue weighted by Gasteiger charge is -2.34. The Morgan fingerprint density at radius 1 is 1.33 bits per heavy atom. The highest BCUT2D eigenvalue weighted by atomic mass is 35.5. The standard InChI is InChI=1S/C20H26ClN9/c1-29(18(22)14-6-5-10-25-13-14)20(23)30-11-3-2-9-17(30)19(26-24)28-27-16-8-4-7-15(21)12-16/h4-8,10,12-13,17,22-23,27H,2-3,9,11,24H2,1H3,(H,26,28)/p+1. The summed E-state index contributed by atoms with van der Waals surface area (Å²) in [6, 6.07) is 10.8. The van der Waals surface area contributed by atoms with Crippen molar-refractivity contribution < 1.29 is 4.58 Å². The minimum absolute atomic E-state index is 0.188. The number of amidine groups is 2. The number of pyridine rings is 1. The number of hydrogen-bond donors (Lipinski definition) is 5. The zero-order chi connectivity index (χ0) is 21.5. The van der Waals surface area contributed by atoms with Crippen molar-refractivity contribution in [3.8, 4) is 0 Å². The number of nitrogens with zero attached hydrogens (tertiary/aromatic N) is 4. The van der Waals surface area contributed by atoms with Gasteiger partial charge >= 0.3 is 5.96 Å². The van der Waals surface area contributed by atoms with Crippen LogP contribution in [0.15, 0.2) is 53.9 Å². The second kappa shape index (κ2) is 9.93. The van der Waals surface area contributed by atoms with E-state index in [0.717, 1.165) is 30.5 Å². The van der Waals surface area contributed by atoms with Gasteiger partial charge in [-0.2, -0.15) is 10.5 Å². The molecule has 2 aromatic rings. The molecule has 1 aromatic carbocycles.